The summed E-state index contributed by atoms with van der Waals surface area (Å²) in [5.41, 5.74) is 5.13. The number of hydrogen-bond acceptors (Lipinski definition) is 6. The smallest absolute Gasteiger partial charge is 0.433 e. The molecule has 0 spiro atoms. The van der Waals surface area contributed by atoms with Crippen LogP contribution >= 0.6 is 0 Å². The molecule has 0 fully saturated rings. The van der Waals surface area contributed by atoms with Crippen molar-refractivity contribution in [3.8, 4) is 5.75 Å². The molecule has 8 nitrogen and oxygen atoms in total. The van der Waals surface area contributed by atoms with E-state index in [9.17, 15) is 18.0 Å². The lowest BCUT2D eigenvalue weighted by molar-refractivity contribution is -0.141. The summed E-state index contributed by atoms with van der Waals surface area (Å²) in [6, 6.07) is 6.94. The molecule has 1 aliphatic rings. The van der Waals surface area contributed by atoms with Gasteiger partial charge in [-0.25, -0.2) is 15.0 Å². The number of para-hydroxylation sites is 2. The highest BCUT2D eigenvalue weighted by Crippen LogP contribution is 2.30. The number of amides is 1. The van der Waals surface area contributed by atoms with Crippen LogP contribution < -0.4 is 15.8 Å². The number of ether oxygens (including phenoxy) is 1. The first-order valence-electron chi connectivity index (χ1n) is 8.09. The van der Waals surface area contributed by atoms with Gasteiger partial charge in [0, 0.05) is 0 Å². The molecule has 3 N–H and O–H groups in total. The van der Waals surface area contributed by atoms with Crippen molar-refractivity contribution in [1.82, 2.24) is 19.7 Å². The largest absolute Gasteiger partial charge is 0.489 e. The van der Waals surface area contributed by atoms with E-state index in [0.717, 1.165) is 12.4 Å². The second-order valence-electron chi connectivity index (χ2n) is 6.00. The Hall–Kier alpha value is -3.63. The third-order valence-electron chi connectivity index (χ3n) is 4.11. The Morgan fingerprint density at radius 1 is 1.25 bits per heavy atom. The van der Waals surface area contributed by atoms with Crippen LogP contribution in [0.4, 0.5) is 18.9 Å². The maximum Gasteiger partial charge on any atom is 0.433 e. The lowest BCUT2D eigenvalue weighted by Gasteiger charge is -2.16. The number of aromatic nitrogens is 3. The summed E-state index contributed by atoms with van der Waals surface area (Å²) >= 11 is 0. The maximum absolute atomic E-state index is 12.9. The zero-order chi connectivity index (χ0) is 19.9. The number of nitrogens with two attached hydrogens (primary N) is 1. The number of nitrogens with one attached hydrogen (secondary N) is 1. The Morgan fingerprint density at radius 2 is 2.00 bits per heavy atom. The zero-order valence-electron chi connectivity index (χ0n) is 14.1. The van der Waals surface area contributed by atoms with E-state index in [1.807, 2.05) is 0 Å². The third-order valence-corrected chi connectivity index (χ3v) is 4.11. The molecule has 0 aliphatic carbocycles. The summed E-state index contributed by atoms with van der Waals surface area (Å²) in [6.45, 7) is 0.0131. The van der Waals surface area contributed by atoms with Crippen molar-refractivity contribution in [3.63, 3.8) is 0 Å². The number of amidine groups is 1. The molecule has 2 aromatic heterocycles. The summed E-state index contributed by atoms with van der Waals surface area (Å²) in [6.07, 6.45) is -2.49. The van der Waals surface area contributed by atoms with Crippen molar-refractivity contribution in [2.24, 2.45) is 10.7 Å². The van der Waals surface area contributed by atoms with Crippen LogP contribution in [0, 0.1) is 0 Å². The average Bonchev–Trinajstić information content (AvgIpc) is 3.01. The Morgan fingerprint density at radius 3 is 2.79 bits per heavy atom. The first kappa shape index (κ1) is 17.8. The van der Waals surface area contributed by atoms with Crippen LogP contribution in [0.3, 0.4) is 0 Å². The van der Waals surface area contributed by atoms with E-state index in [1.165, 1.54) is 10.7 Å². The minimum atomic E-state index is -4.64. The molecule has 1 aliphatic heterocycles. The lowest BCUT2D eigenvalue weighted by Crippen LogP contribution is -2.47. The number of fused-ring (bicyclic) bond motifs is 2. The van der Waals surface area contributed by atoms with Gasteiger partial charge in [0.25, 0.3) is 5.91 Å². The van der Waals surface area contributed by atoms with E-state index in [2.05, 4.69) is 20.3 Å². The number of carbonyl (C=O) groups is 1. The van der Waals surface area contributed by atoms with E-state index in [1.54, 1.807) is 24.3 Å². The van der Waals surface area contributed by atoms with Crippen molar-refractivity contribution in [2.45, 2.75) is 12.2 Å². The first-order valence-corrected chi connectivity index (χ1v) is 8.09. The number of rotatable bonds is 2. The van der Waals surface area contributed by atoms with Crippen LogP contribution in [0.25, 0.3) is 5.52 Å². The molecule has 11 heteroatoms. The van der Waals surface area contributed by atoms with Crippen LogP contribution in [0.2, 0.25) is 0 Å². The molecular formula is C17H13F3N6O2. The van der Waals surface area contributed by atoms with Crippen LogP contribution in [-0.4, -0.2) is 38.8 Å². The molecule has 1 aromatic carbocycles. The number of aliphatic imine (C=N–C) groups is 1. The van der Waals surface area contributed by atoms with Gasteiger partial charge >= 0.3 is 6.18 Å². The normalized spacial score (nSPS) is 16.7. The predicted octanol–water partition coefficient (Wildman–Crippen LogP) is 1.93. The van der Waals surface area contributed by atoms with Crippen LogP contribution in [0.1, 0.15) is 16.2 Å². The molecule has 0 radical (unpaired) electrons. The number of hydrogen-bond donors (Lipinski definition) is 2. The Kier molecular flexibility index (Phi) is 4.13. The minimum Gasteiger partial charge on any atom is -0.489 e. The Balaban J connectivity index is 1.61. The van der Waals surface area contributed by atoms with Crippen molar-refractivity contribution in [1.29, 1.82) is 0 Å². The predicted molar refractivity (Wildman–Crippen MR) is 92.5 cm³/mol. The quantitative estimate of drug-likeness (QED) is 0.695. The van der Waals surface area contributed by atoms with Crippen molar-refractivity contribution in [2.75, 3.05) is 6.61 Å². The monoisotopic (exact) mass is 390 g/mol. The van der Waals surface area contributed by atoms with E-state index < -0.39 is 23.8 Å². The number of alkyl halides is 3. The standard InChI is InChI=1S/C17H13F3N6O2/c18-17(19,20)13-5-11-14(23-8-26(11)7-22-13)16(27)25-10-6-28-12-4-2-1-3-9(12)24-15(10)21/h1-5,7-8,10H,6H2,(H2,21,24)(H,25,27)/t10-/m0/s1. The fourth-order valence-electron chi connectivity index (χ4n) is 2.72. The van der Waals surface area contributed by atoms with Gasteiger partial charge in [0.2, 0.25) is 0 Å². The van der Waals surface area contributed by atoms with Crippen LogP contribution in [-0.2, 0) is 6.18 Å². The minimum absolute atomic E-state index is 0.0131. The summed E-state index contributed by atoms with van der Waals surface area (Å²) < 4.78 is 45.6. The molecule has 3 aromatic rings. The van der Waals surface area contributed by atoms with E-state index in [-0.39, 0.29) is 23.7 Å². The van der Waals surface area contributed by atoms with Gasteiger partial charge in [0.05, 0.1) is 5.52 Å². The highest BCUT2D eigenvalue weighted by Gasteiger charge is 2.33. The van der Waals surface area contributed by atoms with Crippen molar-refractivity contribution >= 4 is 22.9 Å². The van der Waals surface area contributed by atoms with Crippen molar-refractivity contribution < 1.29 is 22.7 Å². The van der Waals surface area contributed by atoms with Crippen LogP contribution in [0.5, 0.6) is 5.75 Å². The molecule has 144 valence electrons. The summed E-state index contributed by atoms with van der Waals surface area (Å²) in [4.78, 5) is 24.1. The van der Waals surface area contributed by atoms with Gasteiger partial charge in [0.15, 0.2) is 5.69 Å². The van der Waals surface area contributed by atoms with Crippen LogP contribution in [0.15, 0.2) is 48.0 Å². The summed E-state index contributed by atoms with van der Waals surface area (Å²) in [5.74, 6) is -0.0884. The molecular weight excluding hydrogens is 377 g/mol. The number of halogens is 3. The lowest BCUT2D eigenvalue weighted by atomic mass is 10.2. The van der Waals surface area contributed by atoms with Crippen molar-refractivity contribution in [3.05, 3.63) is 54.4 Å². The molecule has 28 heavy (non-hydrogen) atoms. The maximum atomic E-state index is 12.9. The van der Waals surface area contributed by atoms with Gasteiger partial charge in [0.1, 0.15) is 48.3 Å². The van der Waals surface area contributed by atoms with Gasteiger partial charge in [-0.15, -0.1) is 0 Å². The van der Waals surface area contributed by atoms with Gasteiger partial charge in [-0.3, -0.25) is 9.20 Å². The van der Waals surface area contributed by atoms with E-state index in [4.69, 9.17) is 10.5 Å². The summed E-state index contributed by atoms with van der Waals surface area (Å²) in [7, 11) is 0. The first-order chi connectivity index (χ1) is 13.3. The Labute approximate surface area is 155 Å². The molecule has 0 bridgehead atoms. The third kappa shape index (κ3) is 3.21. The molecule has 0 unspecified atom stereocenters. The van der Waals surface area contributed by atoms with Gasteiger partial charge < -0.3 is 15.8 Å². The number of carbonyl (C=O) groups excluding carboxylic acids is 1. The number of imidazole rings is 1. The highest BCUT2D eigenvalue weighted by atomic mass is 19.4. The summed E-state index contributed by atoms with van der Waals surface area (Å²) in [5, 5.41) is 2.60. The van der Waals surface area contributed by atoms with Gasteiger partial charge in [-0.05, 0) is 18.2 Å². The fraction of sp³-hybridized carbons (Fsp3) is 0.176. The SMILES string of the molecule is NC1=Nc2ccccc2OC[C@@H]1NC(=O)c1ncn2cnc(C(F)(F)F)cc12. The molecule has 1 atom stereocenters. The zero-order valence-corrected chi connectivity index (χ0v) is 14.1. The fourth-order valence-corrected chi connectivity index (χ4v) is 2.72. The second-order valence-corrected chi connectivity index (χ2v) is 6.00. The van der Waals surface area contributed by atoms with E-state index in [0.29, 0.717) is 11.4 Å². The second kappa shape index (κ2) is 6.51. The molecule has 4 rings (SSSR count). The Bertz CT molecular complexity index is 1090. The molecule has 3 heterocycles. The highest BCUT2D eigenvalue weighted by molar-refractivity contribution is 6.02. The molecule has 1 amide bonds. The van der Waals surface area contributed by atoms with Gasteiger partial charge in [-0.1, -0.05) is 12.1 Å². The number of benzene rings is 1. The van der Waals surface area contributed by atoms with Gasteiger partial charge in [-0.2, -0.15) is 13.2 Å². The number of nitrogens with zero attached hydrogens (tertiary/aromatic N) is 4. The van der Waals surface area contributed by atoms with E-state index >= 15 is 0 Å². The molecule has 0 saturated heterocycles. The topological polar surface area (TPSA) is 107 Å². The average molecular weight is 390 g/mol. The molecule has 0 saturated carbocycles.